The van der Waals surface area contributed by atoms with Crippen molar-refractivity contribution in [2.24, 2.45) is 0 Å². The van der Waals surface area contributed by atoms with E-state index >= 15 is 0 Å². The Labute approximate surface area is 152 Å². The molecular formula is C15H8ClF5N2O2S. The van der Waals surface area contributed by atoms with Crippen LogP contribution < -0.4 is 10.6 Å². The van der Waals surface area contributed by atoms with Crippen LogP contribution in [0.4, 0.5) is 32.4 Å². The Bertz CT molecular complexity index is 840. The number of halogens is 6. The zero-order valence-electron chi connectivity index (χ0n) is 12.5. The summed E-state index contributed by atoms with van der Waals surface area (Å²) in [6.07, 6.45) is 0. The highest BCUT2D eigenvalue weighted by Gasteiger charge is 2.30. The Hall–Kier alpha value is -2.33. The summed E-state index contributed by atoms with van der Waals surface area (Å²) in [6, 6.07) is 4.79. The molecule has 0 aliphatic carbocycles. The largest absolute Gasteiger partial charge is 0.446 e. The van der Waals surface area contributed by atoms with Crippen LogP contribution in [0.15, 0.2) is 41.3 Å². The first kappa shape index (κ1) is 20.0. The summed E-state index contributed by atoms with van der Waals surface area (Å²) >= 11 is 5.03. The van der Waals surface area contributed by atoms with Gasteiger partial charge < -0.3 is 5.32 Å². The number of imide groups is 1. The van der Waals surface area contributed by atoms with Crippen molar-refractivity contribution < 1.29 is 31.5 Å². The Balaban J connectivity index is 2.06. The average molecular weight is 411 g/mol. The summed E-state index contributed by atoms with van der Waals surface area (Å²) in [6.45, 7) is 0. The number of hydrogen-bond acceptors (Lipinski definition) is 3. The molecule has 11 heteroatoms. The first-order valence-corrected chi connectivity index (χ1v) is 7.88. The summed E-state index contributed by atoms with van der Waals surface area (Å²) in [5.41, 5.74) is -5.44. The molecule has 0 aromatic heterocycles. The van der Waals surface area contributed by atoms with Crippen LogP contribution in [-0.2, 0) is 0 Å². The zero-order chi connectivity index (χ0) is 19.5. The van der Waals surface area contributed by atoms with E-state index in [1.54, 1.807) is 5.32 Å². The number of carbonyl (C=O) groups is 2. The Morgan fingerprint density at radius 2 is 1.73 bits per heavy atom. The number of thioether (sulfide) groups is 1. The summed E-state index contributed by atoms with van der Waals surface area (Å²) in [7, 11) is 0. The number of amides is 3. The van der Waals surface area contributed by atoms with E-state index in [2.05, 4.69) is 0 Å². The number of urea groups is 1. The van der Waals surface area contributed by atoms with E-state index in [9.17, 15) is 31.5 Å². The van der Waals surface area contributed by atoms with Gasteiger partial charge in [0.2, 0.25) is 0 Å². The van der Waals surface area contributed by atoms with Crippen LogP contribution in [0.5, 0.6) is 0 Å². The lowest BCUT2D eigenvalue weighted by molar-refractivity contribution is -0.0329. The summed E-state index contributed by atoms with van der Waals surface area (Å²) in [4.78, 5) is 22.9. The van der Waals surface area contributed by atoms with E-state index in [1.807, 2.05) is 5.32 Å². The van der Waals surface area contributed by atoms with E-state index in [-0.39, 0.29) is 10.7 Å². The van der Waals surface area contributed by atoms with Crippen LogP contribution in [0.2, 0.25) is 5.02 Å². The van der Waals surface area contributed by atoms with Gasteiger partial charge in [0.05, 0.1) is 15.5 Å². The van der Waals surface area contributed by atoms with Gasteiger partial charge in [0.15, 0.2) is 0 Å². The van der Waals surface area contributed by atoms with Crippen molar-refractivity contribution >= 4 is 41.0 Å². The van der Waals surface area contributed by atoms with Gasteiger partial charge in [-0.25, -0.2) is 13.6 Å². The number of benzene rings is 2. The first-order chi connectivity index (χ1) is 12.1. The fraction of sp³-hybridized carbons (Fsp3) is 0.0667. The predicted octanol–water partition coefficient (Wildman–Crippen LogP) is 5.19. The molecule has 2 aromatic rings. The smallest absolute Gasteiger partial charge is 0.308 e. The van der Waals surface area contributed by atoms with Crippen molar-refractivity contribution in [1.82, 2.24) is 5.32 Å². The van der Waals surface area contributed by atoms with Crippen LogP contribution in [0, 0.1) is 11.6 Å². The van der Waals surface area contributed by atoms with Crippen molar-refractivity contribution in [2.45, 2.75) is 10.4 Å². The summed E-state index contributed by atoms with van der Waals surface area (Å²) in [5, 5.41) is 3.60. The predicted molar refractivity (Wildman–Crippen MR) is 86.2 cm³/mol. The average Bonchev–Trinajstić information content (AvgIpc) is 2.48. The molecule has 0 radical (unpaired) electrons. The standard InChI is InChI=1S/C15H8ClF5N2O2S/c16-8-2-1-3-9(17)12(8)13(24)23-14(25)22-7-4-5-11(10(18)6-7)26-15(19,20)21/h1-6H,(H2,22,23,24,25). The fourth-order valence-corrected chi connectivity index (χ4v) is 2.62. The van der Waals surface area contributed by atoms with Gasteiger partial charge in [-0.1, -0.05) is 17.7 Å². The lowest BCUT2D eigenvalue weighted by atomic mass is 10.2. The van der Waals surface area contributed by atoms with E-state index in [0.29, 0.717) is 6.07 Å². The van der Waals surface area contributed by atoms with E-state index < -0.39 is 51.3 Å². The minimum atomic E-state index is -4.67. The van der Waals surface area contributed by atoms with Crippen LogP contribution in [0.25, 0.3) is 0 Å². The minimum absolute atomic E-state index is 0.209. The highest BCUT2D eigenvalue weighted by atomic mass is 35.5. The molecule has 26 heavy (non-hydrogen) atoms. The Kier molecular flexibility index (Phi) is 6.09. The molecule has 138 valence electrons. The van der Waals surface area contributed by atoms with Crippen LogP contribution >= 0.6 is 23.4 Å². The highest BCUT2D eigenvalue weighted by Crippen LogP contribution is 2.38. The van der Waals surface area contributed by atoms with Crippen molar-refractivity contribution in [3.05, 3.63) is 58.6 Å². The minimum Gasteiger partial charge on any atom is -0.308 e. The Morgan fingerprint density at radius 3 is 2.31 bits per heavy atom. The third-order valence-corrected chi connectivity index (χ3v) is 3.93. The number of alkyl halides is 3. The second kappa shape index (κ2) is 7.92. The molecule has 4 nitrogen and oxygen atoms in total. The van der Waals surface area contributed by atoms with Gasteiger partial charge in [-0.15, -0.1) is 0 Å². The molecule has 0 atom stereocenters. The van der Waals surface area contributed by atoms with Gasteiger partial charge in [0, 0.05) is 5.69 Å². The lowest BCUT2D eigenvalue weighted by Gasteiger charge is -2.10. The SMILES string of the molecule is O=C(NC(=O)c1c(F)cccc1Cl)Nc1ccc(SC(F)(F)F)c(F)c1. The first-order valence-electron chi connectivity index (χ1n) is 6.68. The van der Waals surface area contributed by atoms with Gasteiger partial charge in [0.25, 0.3) is 5.91 Å². The fourth-order valence-electron chi connectivity index (χ4n) is 1.83. The maximum atomic E-state index is 13.6. The van der Waals surface area contributed by atoms with Gasteiger partial charge in [-0.3, -0.25) is 10.1 Å². The van der Waals surface area contributed by atoms with Crippen LogP contribution in [-0.4, -0.2) is 17.4 Å². The molecule has 3 amide bonds. The Morgan fingerprint density at radius 1 is 1.04 bits per heavy atom. The van der Waals surface area contributed by atoms with Crippen molar-refractivity contribution in [1.29, 1.82) is 0 Å². The lowest BCUT2D eigenvalue weighted by Crippen LogP contribution is -2.35. The number of anilines is 1. The molecule has 0 bridgehead atoms. The van der Waals surface area contributed by atoms with Crippen molar-refractivity contribution in [3.63, 3.8) is 0 Å². The molecule has 0 saturated heterocycles. The van der Waals surface area contributed by atoms with Crippen molar-refractivity contribution in [2.75, 3.05) is 5.32 Å². The molecule has 0 fully saturated rings. The third kappa shape index (κ3) is 5.33. The zero-order valence-corrected chi connectivity index (χ0v) is 14.0. The molecule has 0 heterocycles. The summed E-state index contributed by atoms with van der Waals surface area (Å²) in [5.74, 6) is -3.31. The molecule has 0 aliphatic rings. The number of hydrogen-bond donors (Lipinski definition) is 2. The van der Waals surface area contributed by atoms with Gasteiger partial charge in [0.1, 0.15) is 11.6 Å². The molecular weight excluding hydrogens is 403 g/mol. The molecule has 2 rings (SSSR count). The van der Waals surface area contributed by atoms with Gasteiger partial charge >= 0.3 is 11.5 Å². The quantitative estimate of drug-likeness (QED) is 0.540. The van der Waals surface area contributed by atoms with Crippen LogP contribution in [0.3, 0.4) is 0 Å². The van der Waals surface area contributed by atoms with E-state index in [4.69, 9.17) is 11.6 Å². The monoisotopic (exact) mass is 410 g/mol. The number of carbonyl (C=O) groups excluding carboxylic acids is 2. The summed E-state index contributed by atoms with van der Waals surface area (Å²) < 4.78 is 63.9. The maximum absolute atomic E-state index is 13.6. The van der Waals surface area contributed by atoms with Gasteiger partial charge in [-0.05, 0) is 42.1 Å². The van der Waals surface area contributed by atoms with Gasteiger partial charge in [-0.2, -0.15) is 13.2 Å². The number of nitrogens with one attached hydrogen (secondary N) is 2. The van der Waals surface area contributed by atoms with Crippen molar-refractivity contribution in [3.8, 4) is 0 Å². The van der Waals surface area contributed by atoms with Crippen LogP contribution in [0.1, 0.15) is 10.4 Å². The van der Waals surface area contributed by atoms with E-state index in [1.165, 1.54) is 12.1 Å². The molecule has 0 unspecified atom stereocenters. The normalized spacial score (nSPS) is 11.2. The molecule has 0 spiro atoms. The second-order valence-electron chi connectivity index (χ2n) is 4.70. The number of rotatable bonds is 3. The maximum Gasteiger partial charge on any atom is 0.446 e. The van der Waals surface area contributed by atoms with E-state index in [0.717, 1.165) is 18.2 Å². The second-order valence-corrected chi connectivity index (χ2v) is 6.21. The third-order valence-electron chi connectivity index (χ3n) is 2.83. The molecule has 0 saturated carbocycles. The molecule has 2 N–H and O–H groups in total. The molecule has 2 aromatic carbocycles. The highest BCUT2D eigenvalue weighted by molar-refractivity contribution is 8.00. The topological polar surface area (TPSA) is 58.2 Å². The molecule has 0 aliphatic heterocycles.